The van der Waals surface area contributed by atoms with Gasteiger partial charge in [-0.05, 0) is 6.42 Å². The maximum absolute atomic E-state index is 11.3. The molecule has 2 N–H and O–H groups in total. The second-order valence-electron chi connectivity index (χ2n) is 3.40. The smallest absolute Gasteiger partial charge is 0.303 e. The molecule has 0 bridgehead atoms. The number of hydrogen-bond donors (Lipinski definition) is 2. The van der Waals surface area contributed by atoms with Gasteiger partial charge in [-0.1, -0.05) is 13.3 Å². The fraction of sp³-hybridized carbons (Fsp3) is 0.778. The summed E-state index contributed by atoms with van der Waals surface area (Å²) in [7, 11) is 0. The van der Waals surface area contributed by atoms with Crippen LogP contribution in [0.2, 0.25) is 0 Å². The lowest BCUT2D eigenvalue weighted by atomic mass is 10.1. The summed E-state index contributed by atoms with van der Waals surface area (Å²) in [5.74, 6) is -0.859. The molecule has 2 unspecified atom stereocenters. The Morgan fingerprint density at radius 2 is 2.08 bits per heavy atom. The van der Waals surface area contributed by atoms with Crippen LogP contribution in [0.15, 0.2) is 0 Å². The van der Waals surface area contributed by atoms with E-state index in [1.54, 1.807) is 0 Å². The number of aliphatic carboxylic acids is 1. The van der Waals surface area contributed by atoms with E-state index in [4.69, 9.17) is 5.11 Å². The molecule has 0 radical (unpaired) electrons. The molecule has 1 fully saturated rings. The van der Waals surface area contributed by atoms with Crippen molar-refractivity contribution in [3.05, 3.63) is 0 Å². The molecule has 0 spiro atoms. The van der Waals surface area contributed by atoms with Gasteiger partial charge in [0.25, 0.3) is 0 Å². The zero-order valence-corrected chi connectivity index (χ0v) is 7.75. The Hall–Kier alpha value is -0.900. The molecule has 0 aromatic heterocycles. The third-order valence-electron chi connectivity index (χ3n) is 2.22. The standard InChI is InChI=1S/C9H15NO3/c1-2-3-6-9(10-6)7(11)4-5-8(12)13/h6,9-10H,2-5H2,1H3,(H,12,13). The highest BCUT2D eigenvalue weighted by Gasteiger charge is 2.40. The number of nitrogens with one attached hydrogen (secondary N) is 1. The second-order valence-corrected chi connectivity index (χ2v) is 3.40. The van der Waals surface area contributed by atoms with Gasteiger partial charge in [0.05, 0.1) is 12.5 Å². The van der Waals surface area contributed by atoms with Gasteiger partial charge in [-0.3, -0.25) is 9.59 Å². The molecule has 1 saturated heterocycles. The van der Waals surface area contributed by atoms with Crippen molar-refractivity contribution in [3.8, 4) is 0 Å². The molecule has 74 valence electrons. The monoisotopic (exact) mass is 185 g/mol. The summed E-state index contributed by atoms with van der Waals surface area (Å²) < 4.78 is 0. The van der Waals surface area contributed by atoms with Crippen molar-refractivity contribution in [2.45, 2.75) is 44.7 Å². The Labute approximate surface area is 77.3 Å². The van der Waals surface area contributed by atoms with E-state index in [1.807, 2.05) is 0 Å². The minimum absolute atomic E-state index is 0.0425. The molecule has 1 rings (SSSR count). The maximum atomic E-state index is 11.3. The minimum atomic E-state index is -0.902. The number of hydrogen-bond acceptors (Lipinski definition) is 3. The van der Waals surface area contributed by atoms with Crippen molar-refractivity contribution >= 4 is 11.8 Å². The predicted octanol–water partition coefficient (Wildman–Crippen LogP) is 0.561. The third kappa shape index (κ3) is 3.14. The molecule has 4 heteroatoms. The van der Waals surface area contributed by atoms with Gasteiger partial charge in [-0.2, -0.15) is 0 Å². The van der Waals surface area contributed by atoms with Crippen LogP contribution in [0.25, 0.3) is 0 Å². The lowest BCUT2D eigenvalue weighted by Crippen LogP contribution is -2.12. The van der Waals surface area contributed by atoms with Crippen LogP contribution in [0.3, 0.4) is 0 Å². The van der Waals surface area contributed by atoms with Crippen LogP contribution in [0.5, 0.6) is 0 Å². The summed E-state index contributed by atoms with van der Waals surface area (Å²) in [4.78, 5) is 21.5. The van der Waals surface area contributed by atoms with E-state index in [1.165, 1.54) is 0 Å². The fourth-order valence-electron chi connectivity index (χ4n) is 1.44. The van der Waals surface area contributed by atoms with Crippen LogP contribution in [0.4, 0.5) is 0 Å². The van der Waals surface area contributed by atoms with E-state index in [-0.39, 0.29) is 24.7 Å². The Balaban J connectivity index is 2.16. The Bertz CT molecular complexity index is 215. The van der Waals surface area contributed by atoms with Crippen molar-refractivity contribution in [3.63, 3.8) is 0 Å². The zero-order valence-electron chi connectivity index (χ0n) is 7.75. The molecule has 1 aliphatic rings. The van der Waals surface area contributed by atoms with Gasteiger partial charge >= 0.3 is 5.97 Å². The molecule has 1 heterocycles. The minimum Gasteiger partial charge on any atom is -0.481 e. The average Bonchev–Trinajstić information content (AvgIpc) is 2.80. The topological polar surface area (TPSA) is 76.3 Å². The molecule has 1 aliphatic heterocycles. The van der Waals surface area contributed by atoms with E-state index in [2.05, 4.69) is 12.2 Å². The van der Waals surface area contributed by atoms with Gasteiger partial charge in [-0.15, -0.1) is 0 Å². The quantitative estimate of drug-likeness (QED) is 0.593. The van der Waals surface area contributed by atoms with Crippen LogP contribution in [-0.2, 0) is 9.59 Å². The Morgan fingerprint density at radius 3 is 2.62 bits per heavy atom. The van der Waals surface area contributed by atoms with Gasteiger partial charge in [0.2, 0.25) is 0 Å². The number of rotatable bonds is 6. The highest BCUT2D eigenvalue weighted by atomic mass is 16.4. The zero-order chi connectivity index (χ0) is 9.84. The highest BCUT2D eigenvalue weighted by molar-refractivity contribution is 5.89. The van der Waals surface area contributed by atoms with Crippen molar-refractivity contribution < 1.29 is 14.7 Å². The summed E-state index contributed by atoms with van der Waals surface area (Å²) in [6.45, 7) is 2.07. The maximum Gasteiger partial charge on any atom is 0.303 e. The van der Waals surface area contributed by atoms with Crippen LogP contribution < -0.4 is 5.32 Å². The van der Waals surface area contributed by atoms with Gasteiger partial charge in [0, 0.05) is 12.5 Å². The van der Waals surface area contributed by atoms with Gasteiger partial charge in [0.1, 0.15) is 0 Å². The molecule has 0 aromatic rings. The summed E-state index contributed by atoms with van der Waals surface area (Å²) in [6, 6.07) is 0.255. The number of ketones is 1. The molecule has 0 amide bonds. The van der Waals surface area contributed by atoms with Crippen molar-refractivity contribution in [1.82, 2.24) is 5.32 Å². The van der Waals surface area contributed by atoms with Crippen LogP contribution in [0, 0.1) is 0 Å². The summed E-state index contributed by atoms with van der Waals surface area (Å²) in [5.41, 5.74) is 0. The SMILES string of the molecule is CCCC1NC1C(=O)CCC(=O)O. The molecule has 0 saturated carbocycles. The largest absolute Gasteiger partial charge is 0.481 e. The normalized spacial score (nSPS) is 25.6. The van der Waals surface area contributed by atoms with Crippen LogP contribution in [0.1, 0.15) is 32.6 Å². The van der Waals surface area contributed by atoms with Gasteiger partial charge < -0.3 is 10.4 Å². The molecule has 13 heavy (non-hydrogen) atoms. The van der Waals surface area contributed by atoms with E-state index in [0.717, 1.165) is 12.8 Å². The van der Waals surface area contributed by atoms with E-state index in [9.17, 15) is 9.59 Å². The third-order valence-corrected chi connectivity index (χ3v) is 2.22. The second kappa shape index (κ2) is 4.37. The lowest BCUT2D eigenvalue weighted by molar-refractivity contribution is -0.138. The lowest BCUT2D eigenvalue weighted by Gasteiger charge is -1.94. The first-order valence-electron chi connectivity index (χ1n) is 4.65. The van der Waals surface area contributed by atoms with Crippen LogP contribution >= 0.6 is 0 Å². The van der Waals surface area contributed by atoms with Crippen molar-refractivity contribution in [2.75, 3.05) is 0 Å². The molecular formula is C9H15NO3. The number of carboxylic acid groups (broad SMARTS) is 1. The summed E-state index contributed by atoms with van der Waals surface area (Å²) in [6.07, 6.45) is 2.17. The van der Waals surface area contributed by atoms with Crippen LogP contribution in [-0.4, -0.2) is 28.9 Å². The number of Topliss-reactive ketones (excluding diaryl/α,β-unsaturated/α-hetero) is 1. The van der Waals surface area contributed by atoms with E-state index >= 15 is 0 Å². The van der Waals surface area contributed by atoms with Crippen molar-refractivity contribution in [2.24, 2.45) is 0 Å². The predicted molar refractivity (Wildman–Crippen MR) is 47.5 cm³/mol. The number of carbonyl (C=O) groups excluding carboxylic acids is 1. The van der Waals surface area contributed by atoms with Gasteiger partial charge in [-0.25, -0.2) is 0 Å². The first-order valence-corrected chi connectivity index (χ1v) is 4.65. The molecule has 0 aliphatic carbocycles. The summed E-state index contributed by atoms with van der Waals surface area (Å²) in [5, 5.41) is 11.4. The summed E-state index contributed by atoms with van der Waals surface area (Å²) >= 11 is 0. The Kier molecular flexibility index (Phi) is 3.42. The van der Waals surface area contributed by atoms with E-state index < -0.39 is 5.97 Å². The first kappa shape index (κ1) is 10.2. The fourth-order valence-corrected chi connectivity index (χ4v) is 1.44. The van der Waals surface area contributed by atoms with Gasteiger partial charge in [0.15, 0.2) is 5.78 Å². The number of carbonyl (C=O) groups is 2. The molecule has 0 aromatic carbocycles. The number of carboxylic acids is 1. The molecule has 4 nitrogen and oxygen atoms in total. The highest BCUT2D eigenvalue weighted by Crippen LogP contribution is 2.18. The first-order chi connectivity index (χ1) is 6.15. The molecule has 2 atom stereocenters. The Morgan fingerprint density at radius 1 is 1.38 bits per heavy atom. The average molecular weight is 185 g/mol. The van der Waals surface area contributed by atoms with Crippen molar-refractivity contribution in [1.29, 1.82) is 0 Å². The van der Waals surface area contributed by atoms with E-state index in [0.29, 0.717) is 6.04 Å². The molecular weight excluding hydrogens is 170 g/mol.